The third kappa shape index (κ3) is 3.60. The van der Waals surface area contributed by atoms with Gasteiger partial charge in [0.15, 0.2) is 0 Å². The Bertz CT molecular complexity index is 472. The highest BCUT2D eigenvalue weighted by Crippen LogP contribution is 2.59. The highest BCUT2D eigenvalue weighted by Gasteiger charge is 2.58. The number of rotatable bonds is 4. The Morgan fingerprint density at radius 3 is 2.28 bits per heavy atom. The van der Waals surface area contributed by atoms with Gasteiger partial charge < -0.3 is 10.2 Å². The second-order valence-electron chi connectivity index (χ2n) is 9.05. The molecule has 1 spiro atoms. The van der Waals surface area contributed by atoms with Gasteiger partial charge in [-0.15, -0.1) is 0 Å². The van der Waals surface area contributed by atoms with Gasteiger partial charge in [0.05, 0.1) is 0 Å². The van der Waals surface area contributed by atoms with Crippen molar-refractivity contribution in [3.8, 4) is 0 Å². The standard InChI is InChI=1S/C20H36N4O/c1-16-3-4-17(2)24(16)14-11-22-9-12-23(13-10-22)19(25)18-15-20(18)5-7-21-8-6-20/h16-18,21H,3-15H2,1-2H3/t16-,17-,18-/m1/s1. The molecule has 0 unspecified atom stereocenters. The van der Waals surface area contributed by atoms with Crippen LogP contribution in [0.15, 0.2) is 0 Å². The number of carbonyl (C=O) groups is 1. The Morgan fingerprint density at radius 2 is 1.64 bits per heavy atom. The van der Waals surface area contributed by atoms with E-state index in [1.165, 1.54) is 32.2 Å². The smallest absolute Gasteiger partial charge is 0.226 e. The normalized spacial score (nSPS) is 36.1. The first-order chi connectivity index (χ1) is 12.1. The number of hydrogen-bond donors (Lipinski definition) is 1. The van der Waals surface area contributed by atoms with Crippen molar-refractivity contribution >= 4 is 5.91 Å². The third-order valence-corrected chi connectivity index (χ3v) is 7.58. The van der Waals surface area contributed by atoms with Crippen LogP contribution in [0.5, 0.6) is 0 Å². The van der Waals surface area contributed by atoms with E-state index in [0.29, 0.717) is 17.2 Å². The van der Waals surface area contributed by atoms with Crippen LogP contribution >= 0.6 is 0 Å². The molecule has 0 aromatic carbocycles. The summed E-state index contributed by atoms with van der Waals surface area (Å²) in [7, 11) is 0. The molecule has 4 aliphatic rings. The first-order valence-corrected chi connectivity index (χ1v) is 10.6. The van der Waals surface area contributed by atoms with Gasteiger partial charge in [-0.2, -0.15) is 0 Å². The van der Waals surface area contributed by atoms with E-state index in [4.69, 9.17) is 0 Å². The van der Waals surface area contributed by atoms with Crippen LogP contribution < -0.4 is 5.32 Å². The molecule has 5 nitrogen and oxygen atoms in total. The Balaban J connectivity index is 1.20. The van der Waals surface area contributed by atoms with E-state index in [2.05, 4.69) is 33.9 Å². The summed E-state index contributed by atoms with van der Waals surface area (Å²) < 4.78 is 0. The number of piperazine rings is 1. The molecule has 0 aromatic heterocycles. The maximum Gasteiger partial charge on any atom is 0.226 e. The van der Waals surface area contributed by atoms with Crippen LogP contribution in [0.25, 0.3) is 0 Å². The number of carbonyl (C=O) groups excluding carboxylic acids is 1. The summed E-state index contributed by atoms with van der Waals surface area (Å²) in [5.74, 6) is 0.802. The van der Waals surface area contributed by atoms with Crippen molar-refractivity contribution in [3.05, 3.63) is 0 Å². The molecule has 25 heavy (non-hydrogen) atoms. The van der Waals surface area contributed by atoms with Gasteiger partial charge >= 0.3 is 0 Å². The average Bonchev–Trinajstić information content (AvgIpc) is 3.22. The molecule has 5 heteroatoms. The SMILES string of the molecule is C[C@@H]1CC[C@@H](C)N1CCN1CCN(C(=O)[C@H]2CC23CCNCC3)CC1. The van der Waals surface area contributed by atoms with Crippen molar-refractivity contribution in [2.24, 2.45) is 11.3 Å². The quantitative estimate of drug-likeness (QED) is 0.833. The van der Waals surface area contributed by atoms with Gasteiger partial charge in [-0.25, -0.2) is 0 Å². The summed E-state index contributed by atoms with van der Waals surface area (Å²) in [4.78, 5) is 20.3. The summed E-state index contributed by atoms with van der Waals surface area (Å²) in [5, 5.41) is 3.43. The molecule has 3 heterocycles. The molecule has 1 N–H and O–H groups in total. The molecule has 142 valence electrons. The molecule has 3 atom stereocenters. The van der Waals surface area contributed by atoms with E-state index >= 15 is 0 Å². The van der Waals surface area contributed by atoms with Crippen LogP contribution in [0.2, 0.25) is 0 Å². The average molecular weight is 349 g/mol. The molecule has 4 fully saturated rings. The molecule has 1 aliphatic carbocycles. The molecule has 1 amide bonds. The summed E-state index contributed by atoms with van der Waals surface area (Å²) in [6.07, 6.45) is 6.26. The number of hydrogen-bond acceptors (Lipinski definition) is 4. The fraction of sp³-hybridized carbons (Fsp3) is 0.950. The van der Waals surface area contributed by atoms with Crippen LogP contribution in [0.4, 0.5) is 0 Å². The van der Waals surface area contributed by atoms with Crippen LogP contribution in [0.3, 0.4) is 0 Å². The van der Waals surface area contributed by atoms with Gasteiger partial charge in [-0.1, -0.05) is 0 Å². The molecule has 3 saturated heterocycles. The van der Waals surface area contributed by atoms with Crippen LogP contribution in [-0.4, -0.2) is 85.0 Å². The van der Waals surface area contributed by atoms with Gasteiger partial charge in [0.2, 0.25) is 5.91 Å². The van der Waals surface area contributed by atoms with Crippen molar-refractivity contribution < 1.29 is 4.79 Å². The van der Waals surface area contributed by atoms with E-state index in [9.17, 15) is 4.79 Å². The van der Waals surface area contributed by atoms with E-state index in [0.717, 1.165) is 64.3 Å². The van der Waals surface area contributed by atoms with Crippen LogP contribution in [-0.2, 0) is 4.79 Å². The maximum atomic E-state index is 12.9. The molecule has 0 aromatic rings. The molecular formula is C20H36N4O. The fourth-order valence-electron chi connectivity index (χ4n) is 5.53. The highest BCUT2D eigenvalue weighted by molar-refractivity contribution is 5.82. The fourth-order valence-corrected chi connectivity index (χ4v) is 5.53. The van der Waals surface area contributed by atoms with Crippen LogP contribution in [0, 0.1) is 11.3 Å². The predicted octanol–water partition coefficient (Wildman–Crippen LogP) is 1.39. The largest absolute Gasteiger partial charge is 0.340 e. The van der Waals surface area contributed by atoms with E-state index in [1.807, 2.05) is 0 Å². The van der Waals surface area contributed by atoms with E-state index in [1.54, 1.807) is 0 Å². The Kier molecular flexibility index (Phi) is 5.09. The van der Waals surface area contributed by atoms with Crippen LogP contribution in [0.1, 0.15) is 46.0 Å². The minimum atomic E-state index is 0.340. The molecule has 4 rings (SSSR count). The minimum Gasteiger partial charge on any atom is -0.340 e. The van der Waals surface area contributed by atoms with E-state index < -0.39 is 0 Å². The first-order valence-electron chi connectivity index (χ1n) is 10.6. The predicted molar refractivity (Wildman–Crippen MR) is 101 cm³/mol. The lowest BCUT2D eigenvalue weighted by atomic mass is 9.91. The lowest BCUT2D eigenvalue weighted by molar-refractivity contribution is -0.135. The Morgan fingerprint density at radius 1 is 1.00 bits per heavy atom. The number of amides is 1. The molecule has 0 bridgehead atoms. The zero-order valence-electron chi connectivity index (χ0n) is 16.2. The summed E-state index contributed by atoms with van der Waals surface area (Å²) in [6, 6.07) is 1.49. The summed E-state index contributed by atoms with van der Waals surface area (Å²) >= 11 is 0. The second kappa shape index (κ2) is 7.16. The Labute approximate surface area is 153 Å². The molecule has 0 radical (unpaired) electrons. The zero-order valence-corrected chi connectivity index (χ0v) is 16.2. The lowest BCUT2D eigenvalue weighted by Gasteiger charge is -2.37. The lowest BCUT2D eigenvalue weighted by Crippen LogP contribution is -2.51. The zero-order chi connectivity index (χ0) is 17.4. The number of piperidine rings is 1. The van der Waals surface area contributed by atoms with Gasteiger partial charge in [-0.05, 0) is 64.5 Å². The minimum absolute atomic E-state index is 0.340. The molecule has 3 aliphatic heterocycles. The summed E-state index contributed by atoms with van der Waals surface area (Å²) in [6.45, 7) is 13.3. The highest BCUT2D eigenvalue weighted by atomic mass is 16.2. The maximum absolute atomic E-state index is 12.9. The molecular weight excluding hydrogens is 312 g/mol. The van der Waals surface area contributed by atoms with Crippen molar-refractivity contribution in [1.29, 1.82) is 0 Å². The van der Waals surface area contributed by atoms with Crippen molar-refractivity contribution in [2.75, 3.05) is 52.4 Å². The Hall–Kier alpha value is -0.650. The number of likely N-dealkylation sites (tertiary alicyclic amines) is 1. The number of nitrogens with one attached hydrogen (secondary N) is 1. The molecule has 1 saturated carbocycles. The van der Waals surface area contributed by atoms with E-state index in [-0.39, 0.29) is 0 Å². The second-order valence-corrected chi connectivity index (χ2v) is 9.05. The van der Waals surface area contributed by atoms with Gasteiger partial charge in [0, 0.05) is 57.3 Å². The van der Waals surface area contributed by atoms with Gasteiger partial charge in [0.25, 0.3) is 0 Å². The summed E-state index contributed by atoms with van der Waals surface area (Å²) in [5.41, 5.74) is 0.376. The van der Waals surface area contributed by atoms with Crippen molar-refractivity contribution in [2.45, 2.75) is 58.0 Å². The van der Waals surface area contributed by atoms with Crippen molar-refractivity contribution in [3.63, 3.8) is 0 Å². The first kappa shape index (κ1) is 17.7. The number of nitrogens with zero attached hydrogens (tertiary/aromatic N) is 3. The third-order valence-electron chi connectivity index (χ3n) is 7.58. The topological polar surface area (TPSA) is 38.8 Å². The van der Waals surface area contributed by atoms with Crippen molar-refractivity contribution in [1.82, 2.24) is 20.0 Å². The monoisotopic (exact) mass is 348 g/mol. The van der Waals surface area contributed by atoms with Gasteiger partial charge in [0.1, 0.15) is 0 Å². The van der Waals surface area contributed by atoms with Gasteiger partial charge in [-0.3, -0.25) is 14.6 Å².